The van der Waals surface area contributed by atoms with E-state index in [0.717, 1.165) is 24.0 Å². The number of hydrogen-bond donors (Lipinski definition) is 0. The lowest BCUT2D eigenvalue weighted by Gasteiger charge is -2.24. The van der Waals surface area contributed by atoms with E-state index in [1.54, 1.807) is 18.4 Å². The van der Waals surface area contributed by atoms with Crippen molar-refractivity contribution in [2.24, 2.45) is 4.99 Å². The fourth-order valence-corrected chi connectivity index (χ4v) is 7.01. The molecule has 6 nitrogen and oxygen atoms in total. The molecule has 4 rings (SSSR count). The molecule has 2 aromatic carbocycles. The van der Waals surface area contributed by atoms with Crippen molar-refractivity contribution >= 4 is 68.6 Å². The van der Waals surface area contributed by atoms with Gasteiger partial charge in [-0.1, -0.05) is 41.7 Å². The third kappa shape index (κ3) is 4.87. The maximum Gasteiger partial charge on any atom is 0.338 e. The zero-order chi connectivity index (χ0) is 24.4. The minimum atomic E-state index is -0.598. The third-order valence-corrected chi connectivity index (χ3v) is 7.82. The molecule has 1 atom stereocenters. The Kier molecular flexibility index (Phi) is 7.93. The number of benzene rings is 2. The van der Waals surface area contributed by atoms with Crippen molar-refractivity contribution in [2.45, 2.75) is 26.8 Å². The van der Waals surface area contributed by atoms with Gasteiger partial charge in [-0.3, -0.25) is 9.36 Å². The molecule has 0 bridgehead atoms. The first-order valence-electron chi connectivity index (χ1n) is 10.7. The summed E-state index contributed by atoms with van der Waals surface area (Å²) in [4.78, 5) is 31.7. The molecule has 3 aromatic rings. The van der Waals surface area contributed by atoms with E-state index in [-0.39, 0.29) is 12.2 Å². The van der Waals surface area contributed by atoms with E-state index < -0.39 is 12.0 Å². The van der Waals surface area contributed by atoms with E-state index in [2.05, 4.69) is 50.2 Å². The number of halogens is 2. The summed E-state index contributed by atoms with van der Waals surface area (Å²) in [7, 11) is 0. The number of ether oxygens (including phenoxy) is 2. The largest absolute Gasteiger partial charge is 0.492 e. The van der Waals surface area contributed by atoms with Crippen LogP contribution < -0.4 is 19.6 Å². The zero-order valence-corrected chi connectivity index (χ0v) is 23.9. The highest BCUT2D eigenvalue weighted by atomic mass is 127. The monoisotopic (exact) mass is 700 g/mol. The maximum absolute atomic E-state index is 13.7. The number of thiazole rings is 1. The van der Waals surface area contributed by atoms with E-state index in [4.69, 9.17) is 9.47 Å². The summed E-state index contributed by atoms with van der Waals surface area (Å²) in [5.74, 6) is 0.392. The first-order chi connectivity index (χ1) is 16.3. The highest BCUT2D eigenvalue weighted by molar-refractivity contribution is 14.1. The standard InChI is InChI=1S/C25H22I2N2O4S/c1-4-32-22-17(26)11-15(12-18(22)27)13-19-23(30)29-21(16-9-7-6-8-10-16)20(24(31)33-5-2)14(3)28-25(29)34-19/h6-13,21H,4-5H2,1-3H3/b19-13-/t21-/m1/s1. The van der Waals surface area contributed by atoms with Crippen molar-refractivity contribution < 1.29 is 14.3 Å². The molecule has 0 saturated carbocycles. The maximum atomic E-state index is 13.7. The van der Waals surface area contributed by atoms with Crippen molar-refractivity contribution in [3.05, 3.63) is 91.7 Å². The van der Waals surface area contributed by atoms with Crippen LogP contribution in [0, 0.1) is 7.14 Å². The van der Waals surface area contributed by atoms with Crippen molar-refractivity contribution in [1.29, 1.82) is 0 Å². The van der Waals surface area contributed by atoms with E-state index in [9.17, 15) is 9.59 Å². The van der Waals surface area contributed by atoms with E-state index in [1.165, 1.54) is 11.3 Å². The van der Waals surface area contributed by atoms with Gasteiger partial charge in [0, 0.05) is 0 Å². The van der Waals surface area contributed by atoms with Gasteiger partial charge < -0.3 is 9.47 Å². The molecule has 0 spiro atoms. The fourth-order valence-electron chi connectivity index (χ4n) is 3.84. The van der Waals surface area contributed by atoms with Crippen LogP contribution in [0.2, 0.25) is 0 Å². The second-order valence-corrected chi connectivity index (χ2v) is 10.8. The molecule has 0 saturated heterocycles. The molecule has 0 radical (unpaired) electrons. The van der Waals surface area contributed by atoms with Crippen molar-refractivity contribution in [1.82, 2.24) is 4.57 Å². The van der Waals surface area contributed by atoms with Crippen LogP contribution >= 0.6 is 56.5 Å². The van der Waals surface area contributed by atoms with Gasteiger partial charge in [0.1, 0.15) is 5.75 Å². The number of fused-ring (bicyclic) bond motifs is 1. The molecular formula is C25H22I2N2O4S. The molecule has 0 N–H and O–H groups in total. The van der Waals surface area contributed by atoms with Gasteiger partial charge in [0.2, 0.25) is 0 Å². The Morgan fingerprint density at radius 3 is 2.44 bits per heavy atom. The number of allylic oxidation sites excluding steroid dienone is 1. The minimum Gasteiger partial charge on any atom is -0.492 e. The second kappa shape index (κ2) is 10.7. The molecule has 176 valence electrons. The predicted molar refractivity (Wildman–Crippen MR) is 150 cm³/mol. The van der Waals surface area contributed by atoms with Gasteiger partial charge in [-0.15, -0.1) is 0 Å². The molecule has 1 aliphatic heterocycles. The van der Waals surface area contributed by atoms with Gasteiger partial charge in [-0.2, -0.15) is 0 Å². The Labute approximate surface area is 228 Å². The Morgan fingerprint density at radius 2 is 1.82 bits per heavy atom. The lowest BCUT2D eigenvalue weighted by Crippen LogP contribution is -2.39. The van der Waals surface area contributed by atoms with Gasteiger partial charge in [0.05, 0.1) is 42.2 Å². The number of carbonyl (C=O) groups is 1. The van der Waals surface area contributed by atoms with Crippen LogP contribution in [0.3, 0.4) is 0 Å². The van der Waals surface area contributed by atoms with E-state index >= 15 is 0 Å². The molecular weight excluding hydrogens is 678 g/mol. The summed E-state index contributed by atoms with van der Waals surface area (Å²) in [5, 5.41) is 0. The van der Waals surface area contributed by atoms with Crippen LogP contribution in [-0.2, 0) is 9.53 Å². The first-order valence-corrected chi connectivity index (χ1v) is 13.7. The van der Waals surface area contributed by atoms with E-state index in [0.29, 0.717) is 27.2 Å². The average molecular weight is 700 g/mol. The fraction of sp³-hybridized carbons (Fsp3) is 0.240. The Balaban J connectivity index is 1.91. The lowest BCUT2D eigenvalue weighted by molar-refractivity contribution is -0.139. The highest BCUT2D eigenvalue weighted by Crippen LogP contribution is 2.31. The Hall–Kier alpha value is -1.99. The van der Waals surface area contributed by atoms with Crippen molar-refractivity contribution in [3.63, 3.8) is 0 Å². The van der Waals surface area contributed by atoms with Gasteiger partial charge in [0.25, 0.3) is 5.56 Å². The Bertz CT molecular complexity index is 1440. The topological polar surface area (TPSA) is 69.9 Å². The summed E-state index contributed by atoms with van der Waals surface area (Å²) < 4.78 is 15.2. The smallest absolute Gasteiger partial charge is 0.338 e. The number of esters is 1. The second-order valence-electron chi connectivity index (χ2n) is 7.46. The van der Waals surface area contributed by atoms with Gasteiger partial charge in [-0.25, -0.2) is 9.79 Å². The summed E-state index contributed by atoms with van der Waals surface area (Å²) in [6, 6.07) is 12.9. The highest BCUT2D eigenvalue weighted by Gasteiger charge is 2.33. The number of aromatic nitrogens is 1. The minimum absolute atomic E-state index is 0.189. The Morgan fingerprint density at radius 1 is 1.15 bits per heavy atom. The van der Waals surface area contributed by atoms with E-state index in [1.807, 2.05) is 55.5 Å². The number of hydrogen-bond acceptors (Lipinski definition) is 6. The molecule has 1 aromatic heterocycles. The first kappa shape index (κ1) is 25.1. The molecule has 0 aliphatic carbocycles. The number of nitrogens with zero attached hydrogens (tertiary/aromatic N) is 2. The van der Waals surface area contributed by atoms with Crippen LogP contribution in [-0.4, -0.2) is 23.8 Å². The van der Waals surface area contributed by atoms with Gasteiger partial charge >= 0.3 is 5.97 Å². The zero-order valence-electron chi connectivity index (χ0n) is 18.8. The van der Waals surface area contributed by atoms with Crippen LogP contribution in [0.4, 0.5) is 0 Å². The molecule has 1 aliphatic rings. The summed E-state index contributed by atoms with van der Waals surface area (Å²) >= 11 is 5.81. The van der Waals surface area contributed by atoms with Crippen molar-refractivity contribution in [3.8, 4) is 5.75 Å². The third-order valence-electron chi connectivity index (χ3n) is 5.24. The van der Waals surface area contributed by atoms with Crippen LogP contribution in [0.1, 0.15) is 37.9 Å². The molecule has 0 unspecified atom stereocenters. The van der Waals surface area contributed by atoms with Crippen LogP contribution in [0.25, 0.3) is 6.08 Å². The number of rotatable bonds is 6. The quantitative estimate of drug-likeness (QED) is 0.283. The molecule has 0 amide bonds. The number of carbonyl (C=O) groups excluding carboxylic acids is 1. The average Bonchev–Trinajstić information content (AvgIpc) is 3.10. The predicted octanol–water partition coefficient (Wildman–Crippen LogP) is 4.41. The summed E-state index contributed by atoms with van der Waals surface area (Å²) in [6.07, 6.45) is 1.87. The molecule has 34 heavy (non-hydrogen) atoms. The van der Waals surface area contributed by atoms with Gasteiger partial charge in [0.15, 0.2) is 4.80 Å². The lowest BCUT2D eigenvalue weighted by atomic mass is 9.96. The summed E-state index contributed by atoms with van der Waals surface area (Å²) in [6.45, 7) is 6.34. The van der Waals surface area contributed by atoms with Gasteiger partial charge in [-0.05, 0) is 95.3 Å². The van der Waals surface area contributed by atoms with Crippen LogP contribution in [0.15, 0.2) is 63.5 Å². The normalized spacial score (nSPS) is 15.7. The molecule has 0 fully saturated rings. The molecule has 2 heterocycles. The SMILES string of the molecule is CCOC(=O)C1=C(C)N=c2s/c(=C\c3cc(I)c(OCC)c(I)c3)c(=O)n2[C@@H]1c1ccccc1. The molecule has 9 heteroatoms. The summed E-state index contributed by atoms with van der Waals surface area (Å²) in [5.41, 5.74) is 2.49. The van der Waals surface area contributed by atoms with Crippen molar-refractivity contribution in [2.75, 3.05) is 13.2 Å². The van der Waals surface area contributed by atoms with Crippen LogP contribution in [0.5, 0.6) is 5.75 Å².